The van der Waals surface area contributed by atoms with Gasteiger partial charge < -0.3 is 9.84 Å². The van der Waals surface area contributed by atoms with Crippen LogP contribution in [0.5, 0.6) is 0 Å². The molecule has 2 N–H and O–H groups in total. The zero-order chi connectivity index (χ0) is 11.4. The Hall–Kier alpha value is -0.820. The van der Waals surface area contributed by atoms with E-state index < -0.39 is 30.8 Å². The maximum atomic E-state index is 11.8. The molecule has 0 aromatic heterocycles. The van der Waals surface area contributed by atoms with Gasteiger partial charge in [0.15, 0.2) is 0 Å². The summed E-state index contributed by atoms with van der Waals surface area (Å²) in [5.41, 5.74) is 0. The highest BCUT2D eigenvalue weighted by atomic mass is 19.4. The van der Waals surface area contributed by atoms with Gasteiger partial charge in [-0.3, -0.25) is 10.1 Å². The van der Waals surface area contributed by atoms with Gasteiger partial charge in [0.25, 0.3) is 0 Å². The van der Waals surface area contributed by atoms with E-state index >= 15 is 0 Å². The van der Waals surface area contributed by atoms with Crippen LogP contribution in [0.1, 0.15) is 6.92 Å². The summed E-state index contributed by atoms with van der Waals surface area (Å²) >= 11 is 0. The second-order valence-electron chi connectivity index (χ2n) is 2.74. The Labute approximate surface area is 79.0 Å². The molecule has 0 saturated carbocycles. The first-order valence-corrected chi connectivity index (χ1v) is 3.84. The highest BCUT2D eigenvalue weighted by molar-refractivity contribution is 5.76. The Morgan fingerprint density at radius 2 is 2.07 bits per heavy atom. The van der Waals surface area contributed by atoms with Crippen LogP contribution in [-0.4, -0.2) is 43.1 Å². The first kappa shape index (κ1) is 13.2. The van der Waals surface area contributed by atoms with Crippen molar-refractivity contribution in [3.63, 3.8) is 0 Å². The smallest absolute Gasteiger partial charge is 0.401 e. The molecule has 0 unspecified atom stereocenters. The minimum Gasteiger partial charge on any atom is -0.468 e. The molecule has 0 rings (SSSR count). The predicted molar refractivity (Wildman–Crippen MR) is 41.5 cm³/mol. The fourth-order valence-electron chi connectivity index (χ4n) is 0.803. The van der Waals surface area contributed by atoms with Crippen molar-refractivity contribution in [3.8, 4) is 0 Å². The van der Waals surface area contributed by atoms with Crippen LogP contribution in [-0.2, 0) is 9.53 Å². The molecule has 0 fully saturated rings. The summed E-state index contributed by atoms with van der Waals surface area (Å²) in [5.74, 6) is -0.927. The van der Waals surface area contributed by atoms with Crippen molar-refractivity contribution in [1.29, 1.82) is 0 Å². The maximum absolute atomic E-state index is 11.8. The molecule has 84 valence electrons. The van der Waals surface area contributed by atoms with Gasteiger partial charge in [-0.15, -0.1) is 0 Å². The summed E-state index contributed by atoms with van der Waals surface area (Å²) in [6.07, 6.45) is -5.67. The molecule has 0 aliphatic carbocycles. The zero-order valence-corrected chi connectivity index (χ0v) is 7.76. The fourth-order valence-corrected chi connectivity index (χ4v) is 0.803. The topological polar surface area (TPSA) is 58.6 Å². The number of aliphatic hydroxyl groups is 1. The third kappa shape index (κ3) is 5.03. The lowest BCUT2D eigenvalue weighted by Crippen LogP contribution is -2.48. The van der Waals surface area contributed by atoms with Gasteiger partial charge in [-0.2, -0.15) is 13.2 Å². The second-order valence-corrected chi connectivity index (χ2v) is 2.74. The van der Waals surface area contributed by atoms with Gasteiger partial charge in [-0.25, -0.2) is 0 Å². The minimum atomic E-state index is -4.43. The number of carbonyl (C=O) groups is 1. The quantitative estimate of drug-likeness (QED) is 0.651. The maximum Gasteiger partial charge on any atom is 0.401 e. The van der Waals surface area contributed by atoms with Crippen LogP contribution in [0.3, 0.4) is 0 Å². The number of halogens is 3. The number of alkyl halides is 3. The van der Waals surface area contributed by atoms with Gasteiger partial charge in [0, 0.05) is 0 Å². The second kappa shape index (κ2) is 5.16. The SMILES string of the molecule is COC(=O)[C@@H](NCC(F)(F)F)[C@@H](C)O. The number of hydrogen-bond acceptors (Lipinski definition) is 4. The molecule has 14 heavy (non-hydrogen) atoms. The van der Waals surface area contributed by atoms with Crippen molar-refractivity contribution in [3.05, 3.63) is 0 Å². The molecule has 0 aliphatic rings. The number of methoxy groups -OCH3 is 1. The summed E-state index contributed by atoms with van der Waals surface area (Å²) in [5, 5.41) is 10.8. The van der Waals surface area contributed by atoms with E-state index in [1.165, 1.54) is 6.92 Å². The summed E-state index contributed by atoms with van der Waals surface area (Å²) in [4.78, 5) is 10.9. The third-order valence-corrected chi connectivity index (χ3v) is 1.46. The van der Waals surface area contributed by atoms with Crippen molar-refractivity contribution in [2.45, 2.75) is 25.2 Å². The normalized spacial score (nSPS) is 16.1. The van der Waals surface area contributed by atoms with E-state index in [1.807, 2.05) is 5.32 Å². The minimum absolute atomic E-state index is 0.927. The molecule has 0 bridgehead atoms. The molecule has 0 amide bonds. The molecule has 0 heterocycles. The molecule has 0 spiro atoms. The molecule has 4 nitrogen and oxygen atoms in total. The van der Waals surface area contributed by atoms with Crippen LogP contribution in [0.15, 0.2) is 0 Å². The Morgan fingerprint density at radius 1 is 1.57 bits per heavy atom. The van der Waals surface area contributed by atoms with E-state index in [4.69, 9.17) is 5.11 Å². The monoisotopic (exact) mass is 215 g/mol. The van der Waals surface area contributed by atoms with Gasteiger partial charge in [0.1, 0.15) is 6.04 Å². The van der Waals surface area contributed by atoms with E-state index in [9.17, 15) is 18.0 Å². The number of ether oxygens (including phenoxy) is 1. The standard InChI is InChI=1S/C7H12F3NO3/c1-4(12)5(6(13)14-2)11-3-7(8,9)10/h4-5,11-12H,3H2,1-2H3/t4-,5+/m1/s1. The van der Waals surface area contributed by atoms with Crippen molar-refractivity contribution < 1.29 is 27.8 Å². The first-order valence-electron chi connectivity index (χ1n) is 3.84. The molecule has 0 saturated heterocycles. The van der Waals surface area contributed by atoms with Crippen LogP contribution in [0.25, 0.3) is 0 Å². The molecular formula is C7H12F3NO3. The number of nitrogens with one attached hydrogen (secondary N) is 1. The van der Waals surface area contributed by atoms with E-state index in [0.29, 0.717) is 0 Å². The van der Waals surface area contributed by atoms with Crippen LogP contribution >= 0.6 is 0 Å². The predicted octanol–water partition coefficient (Wildman–Crippen LogP) is 0.0607. The molecule has 2 atom stereocenters. The number of esters is 1. The lowest BCUT2D eigenvalue weighted by atomic mass is 10.2. The molecule has 0 aromatic carbocycles. The van der Waals surface area contributed by atoms with Crippen molar-refractivity contribution in [2.24, 2.45) is 0 Å². The highest BCUT2D eigenvalue weighted by Crippen LogP contribution is 2.13. The number of rotatable bonds is 4. The van der Waals surface area contributed by atoms with Gasteiger partial charge >= 0.3 is 12.1 Å². The van der Waals surface area contributed by atoms with Gasteiger partial charge in [-0.05, 0) is 6.92 Å². The molecule has 0 aliphatic heterocycles. The van der Waals surface area contributed by atoms with Crippen LogP contribution in [0, 0.1) is 0 Å². The first-order chi connectivity index (χ1) is 6.28. The largest absolute Gasteiger partial charge is 0.468 e. The van der Waals surface area contributed by atoms with E-state index in [1.54, 1.807) is 0 Å². The zero-order valence-electron chi connectivity index (χ0n) is 7.76. The molecule has 0 aromatic rings. The lowest BCUT2D eigenvalue weighted by Gasteiger charge is -2.19. The van der Waals surface area contributed by atoms with Gasteiger partial charge in [-0.1, -0.05) is 0 Å². The van der Waals surface area contributed by atoms with Crippen LogP contribution < -0.4 is 5.32 Å². The average molecular weight is 215 g/mol. The fraction of sp³-hybridized carbons (Fsp3) is 0.857. The molecule has 0 radical (unpaired) electrons. The van der Waals surface area contributed by atoms with Crippen LogP contribution in [0.4, 0.5) is 13.2 Å². The summed E-state index contributed by atoms with van der Waals surface area (Å²) in [6, 6.07) is -1.36. The third-order valence-electron chi connectivity index (χ3n) is 1.46. The molecular weight excluding hydrogens is 203 g/mol. The van der Waals surface area contributed by atoms with E-state index in [2.05, 4.69) is 4.74 Å². The Kier molecular flexibility index (Phi) is 4.86. The van der Waals surface area contributed by atoms with E-state index in [-0.39, 0.29) is 0 Å². The summed E-state index contributed by atoms with van der Waals surface area (Å²) in [6.45, 7) is -0.150. The van der Waals surface area contributed by atoms with Crippen LogP contribution in [0.2, 0.25) is 0 Å². The average Bonchev–Trinajstić information content (AvgIpc) is 2.01. The van der Waals surface area contributed by atoms with Gasteiger partial charge in [0.05, 0.1) is 19.8 Å². The summed E-state index contributed by atoms with van der Waals surface area (Å²) < 4.78 is 39.5. The number of aliphatic hydroxyl groups excluding tert-OH is 1. The van der Waals surface area contributed by atoms with Crippen molar-refractivity contribution in [2.75, 3.05) is 13.7 Å². The Bertz CT molecular complexity index is 193. The number of carbonyl (C=O) groups excluding carboxylic acids is 1. The van der Waals surface area contributed by atoms with Crippen molar-refractivity contribution >= 4 is 5.97 Å². The number of hydrogen-bond donors (Lipinski definition) is 2. The Morgan fingerprint density at radius 3 is 2.36 bits per heavy atom. The lowest BCUT2D eigenvalue weighted by molar-refractivity contribution is -0.149. The molecule has 7 heteroatoms. The Balaban J connectivity index is 4.18. The highest BCUT2D eigenvalue weighted by Gasteiger charge is 2.32. The van der Waals surface area contributed by atoms with Crippen molar-refractivity contribution in [1.82, 2.24) is 5.32 Å². The summed E-state index contributed by atoms with van der Waals surface area (Å²) in [7, 11) is 1.03. The van der Waals surface area contributed by atoms with Gasteiger partial charge in [0.2, 0.25) is 0 Å². The van der Waals surface area contributed by atoms with E-state index in [0.717, 1.165) is 7.11 Å².